The summed E-state index contributed by atoms with van der Waals surface area (Å²) in [6, 6.07) is 1.98. The molecular formula is C14H20N4O2S. The Morgan fingerprint density at radius 3 is 3.05 bits per heavy atom. The van der Waals surface area contributed by atoms with E-state index in [-0.39, 0.29) is 17.9 Å². The zero-order valence-electron chi connectivity index (χ0n) is 12.0. The van der Waals surface area contributed by atoms with E-state index in [2.05, 4.69) is 22.1 Å². The minimum atomic E-state index is -0.179. The molecule has 1 aliphatic heterocycles. The predicted octanol–water partition coefficient (Wildman–Crippen LogP) is 0.961. The Morgan fingerprint density at radius 1 is 1.62 bits per heavy atom. The van der Waals surface area contributed by atoms with E-state index < -0.39 is 0 Å². The standard InChI is InChI=1S/C14H20N4O2S/c1-3-5-16-14(20)13-11(15)7-12(21-13)18-6-4-10(8-18)17-9(2)19/h3,7,10H,1,4-6,8,15H2,2H3,(H,16,20)(H,17,19). The first-order chi connectivity index (χ1) is 10.0. The molecule has 7 heteroatoms. The lowest BCUT2D eigenvalue weighted by Gasteiger charge is -2.16. The predicted molar refractivity (Wildman–Crippen MR) is 85.7 cm³/mol. The molecule has 21 heavy (non-hydrogen) atoms. The van der Waals surface area contributed by atoms with E-state index in [0.29, 0.717) is 17.1 Å². The highest BCUT2D eigenvalue weighted by atomic mass is 32.1. The van der Waals surface area contributed by atoms with Crippen molar-refractivity contribution in [2.75, 3.05) is 30.3 Å². The fourth-order valence-electron chi connectivity index (χ4n) is 2.34. The third-order valence-electron chi connectivity index (χ3n) is 3.27. The molecule has 0 aliphatic carbocycles. The van der Waals surface area contributed by atoms with E-state index in [0.717, 1.165) is 24.5 Å². The van der Waals surface area contributed by atoms with Crippen LogP contribution in [0, 0.1) is 0 Å². The zero-order valence-corrected chi connectivity index (χ0v) is 12.8. The Kier molecular flexibility index (Phi) is 4.85. The summed E-state index contributed by atoms with van der Waals surface area (Å²) in [4.78, 5) is 25.7. The van der Waals surface area contributed by atoms with Crippen LogP contribution in [0.4, 0.5) is 10.7 Å². The second kappa shape index (κ2) is 6.62. The molecule has 2 amide bonds. The van der Waals surface area contributed by atoms with Crippen LogP contribution < -0.4 is 21.3 Å². The maximum Gasteiger partial charge on any atom is 0.263 e. The molecule has 2 heterocycles. The topological polar surface area (TPSA) is 87.5 Å². The number of nitrogens with one attached hydrogen (secondary N) is 2. The van der Waals surface area contributed by atoms with Crippen LogP contribution in [-0.4, -0.2) is 37.5 Å². The highest BCUT2D eigenvalue weighted by Crippen LogP contribution is 2.34. The first-order valence-electron chi connectivity index (χ1n) is 6.81. The number of rotatable bonds is 5. The van der Waals surface area contributed by atoms with Crippen LogP contribution in [0.2, 0.25) is 0 Å². The van der Waals surface area contributed by atoms with Crippen LogP contribution in [0.5, 0.6) is 0 Å². The molecule has 1 unspecified atom stereocenters. The highest BCUT2D eigenvalue weighted by molar-refractivity contribution is 7.18. The molecule has 0 radical (unpaired) electrons. The van der Waals surface area contributed by atoms with Crippen molar-refractivity contribution in [2.24, 2.45) is 0 Å². The maximum atomic E-state index is 12.0. The fraction of sp³-hybridized carbons (Fsp3) is 0.429. The van der Waals surface area contributed by atoms with E-state index in [9.17, 15) is 9.59 Å². The molecule has 6 nitrogen and oxygen atoms in total. The van der Waals surface area contributed by atoms with Gasteiger partial charge in [0.05, 0.1) is 10.7 Å². The van der Waals surface area contributed by atoms with Crippen LogP contribution in [0.15, 0.2) is 18.7 Å². The summed E-state index contributed by atoms with van der Waals surface area (Å²) in [6.07, 6.45) is 2.52. The van der Waals surface area contributed by atoms with Crippen LogP contribution >= 0.6 is 11.3 Å². The molecule has 1 saturated heterocycles. The number of hydrogen-bond acceptors (Lipinski definition) is 5. The molecule has 1 atom stereocenters. The molecule has 1 aromatic heterocycles. The van der Waals surface area contributed by atoms with Gasteiger partial charge in [0, 0.05) is 32.6 Å². The first kappa shape index (κ1) is 15.4. The van der Waals surface area contributed by atoms with Crippen LogP contribution in [0.25, 0.3) is 0 Å². The van der Waals surface area contributed by atoms with Gasteiger partial charge < -0.3 is 21.3 Å². The summed E-state index contributed by atoms with van der Waals surface area (Å²) in [7, 11) is 0. The third kappa shape index (κ3) is 3.75. The van der Waals surface area contributed by atoms with Crippen molar-refractivity contribution in [3.05, 3.63) is 23.6 Å². The van der Waals surface area contributed by atoms with Crippen molar-refractivity contribution in [1.29, 1.82) is 0 Å². The van der Waals surface area contributed by atoms with Gasteiger partial charge in [-0.1, -0.05) is 6.08 Å². The number of carbonyl (C=O) groups excluding carboxylic acids is 2. The Morgan fingerprint density at radius 2 is 2.38 bits per heavy atom. The van der Waals surface area contributed by atoms with E-state index in [4.69, 9.17) is 5.73 Å². The van der Waals surface area contributed by atoms with Gasteiger partial charge in [0.2, 0.25) is 5.91 Å². The van der Waals surface area contributed by atoms with Gasteiger partial charge in [-0.3, -0.25) is 9.59 Å². The molecule has 4 N–H and O–H groups in total. The van der Waals surface area contributed by atoms with Crippen molar-refractivity contribution in [3.63, 3.8) is 0 Å². The van der Waals surface area contributed by atoms with Gasteiger partial charge in [0.25, 0.3) is 5.91 Å². The summed E-state index contributed by atoms with van der Waals surface area (Å²) >= 11 is 1.38. The third-order valence-corrected chi connectivity index (χ3v) is 4.48. The SMILES string of the molecule is C=CCNC(=O)c1sc(N2CCC(NC(C)=O)C2)cc1N. The Balaban J connectivity index is 2.03. The first-order valence-corrected chi connectivity index (χ1v) is 7.63. The van der Waals surface area contributed by atoms with E-state index >= 15 is 0 Å². The number of amides is 2. The molecule has 0 bridgehead atoms. The summed E-state index contributed by atoms with van der Waals surface area (Å²) in [6.45, 7) is 7.09. The molecule has 0 spiro atoms. The second-order valence-electron chi connectivity index (χ2n) is 5.00. The molecular weight excluding hydrogens is 288 g/mol. The molecule has 2 rings (SSSR count). The lowest BCUT2D eigenvalue weighted by Crippen LogP contribution is -2.35. The Labute approximate surface area is 128 Å². The van der Waals surface area contributed by atoms with Gasteiger partial charge in [0.15, 0.2) is 0 Å². The van der Waals surface area contributed by atoms with E-state index in [1.165, 1.54) is 18.3 Å². The Hall–Kier alpha value is -2.02. The Bertz CT molecular complexity index is 555. The van der Waals surface area contributed by atoms with E-state index in [1.807, 2.05) is 6.07 Å². The molecule has 114 valence electrons. The molecule has 1 fully saturated rings. The van der Waals surface area contributed by atoms with Gasteiger partial charge in [0.1, 0.15) is 4.88 Å². The minimum Gasteiger partial charge on any atom is -0.397 e. The smallest absolute Gasteiger partial charge is 0.263 e. The largest absolute Gasteiger partial charge is 0.397 e. The maximum absolute atomic E-state index is 12.0. The number of nitrogens with zero attached hydrogens (tertiary/aromatic N) is 1. The highest BCUT2D eigenvalue weighted by Gasteiger charge is 2.25. The van der Waals surface area contributed by atoms with Crippen molar-refractivity contribution < 1.29 is 9.59 Å². The van der Waals surface area contributed by atoms with Crippen LogP contribution in [-0.2, 0) is 4.79 Å². The lowest BCUT2D eigenvalue weighted by atomic mass is 10.3. The van der Waals surface area contributed by atoms with Crippen molar-refractivity contribution in [2.45, 2.75) is 19.4 Å². The van der Waals surface area contributed by atoms with Gasteiger partial charge >= 0.3 is 0 Å². The van der Waals surface area contributed by atoms with Gasteiger partial charge in [-0.2, -0.15) is 0 Å². The monoisotopic (exact) mass is 308 g/mol. The second-order valence-corrected chi connectivity index (χ2v) is 6.03. The number of hydrogen-bond donors (Lipinski definition) is 3. The summed E-state index contributed by atoms with van der Waals surface area (Å²) < 4.78 is 0. The van der Waals surface area contributed by atoms with Crippen LogP contribution in [0.3, 0.4) is 0 Å². The number of anilines is 2. The fourth-order valence-corrected chi connectivity index (χ4v) is 3.37. The van der Waals surface area contributed by atoms with Gasteiger partial charge in [-0.25, -0.2) is 0 Å². The average molecular weight is 308 g/mol. The number of thiophene rings is 1. The number of nitrogens with two attached hydrogens (primary N) is 1. The summed E-state index contributed by atoms with van der Waals surface area (Å²) in [5, 5.41) is 6.60. The normalized spacial score (nSPS) is 17.6. The van der Waals surface area contributed by atoms with E-state index in [1.54, 1.807) is 6.08 Å². The average Bonchev–Trinajstić information content (AvgIpc) is 3.02. The van der Waals surface area contributed by atoms with Gasteiger partial charge in [-0.15, -0.1) is 17.9 Å². The quantitative estimate of drug-likeness (QED) is 0.707. The molecule has 0 aromatic carbocycles. The number of carbonyl (C=O) groups is 2. The van der Waals surface area contributed by atoms with Crippen molar-refractivity contribution in [3.8, 4) is 0 Å². The van der Waals surface area contributed by atoms with Crippen LogP contribution in [0.1, 0.15) is 23.0 Å². The van der Waals surface area contributed by atoms with Crippen molar-refractivity contribution in [1.82, 2.24) is 10.6 Å². The lowest BCUT2D eigenvalue weighted by molar-refractivity contribution is -0.119. The zero-order chi connectivity index (χ0) is 15.4. The van der Waals surface area contributed by atoms with Gasteiger partial charge in [-0.05, 0) is 12.5 Å². The number of nitrogen functional groups attached to an aromatic ring is 1. The summed E-state index contributed by atoms with van der Waals surface area (Å²) in [5.41, 5.74) is 6.41. The van der Waals surface area contributed by atoms with Crippen molar-refractivity contribution >= 4 is 33.8 Å². The minimum absolute atomic E-state index is 0.0166. The molecule has 1 aliphatic rings. The molecule has 1 aromatic rings. The molecule has 0 saturated carbocycles. The summed E-state index contributed by atoms with van der Waals surface area (Å²) in [5.74, 6) is -0.196.